The molecule has 0 aliphatic carbocycles. The van der Waals surface area contributed by atoms with Crippen molar-refractivity contribution in [3.05, 3.63) is 28.2 Å². The number of hydrogen-bond acceptors (Lipinski definition) is 3. The lowest BCUT2D eigenvalue weighted by atomic mass is 10.1. The molecule has 4 heteroatoms. The van der Waals surface area contributed by atoms with Crippen molar-refractivity contribution in [1.29, 1.82) is 0 Å². The summed E-state index contributed by atoms with van der Waals surface area (Å²) in [6, 6.07) is 6.64. The molecule has 1 aromatic rings. The largest absolute Gasteiger partial charge is 0.378 e. The van der Waals surface area contributed by atoms with Crippen molar-refractivity contribution in [2.24, 2.45) is 0 Å². The fraction of sp³-hybridized carbons (Fsp3) is 0.600. The average molecular weight is 327 g/mol. The van der Waals surface area contributed by atoms with Gasteiger partial charge in [0.1, 0.15) is 0 Å². The molecule has 1 saturated heterocycles. The Bertz CT molecular complexity index is 403. The minimum absolute atomic E-state index is 0.840. The Morgan fingerprint density at radius 3 is 2.68 bits per heavy atom. The van der Waals surface area contributed by atoms with Crippen LogP contribution in [0.1, 0.15) is 12.0 Å². The maximum Gasteiger partial charge on any atom is 0.0642 e. The number of nitrogens with zero attached hydrogens (tertiary/aromatic N) is 2. The highest BCUT2D eigenvalue weighted by molar-refractivity contribution is 9.10. The van der Waals surface area contributed by atoms with Gasteiger partial charge in [0.15, 0.2) is 0 Å². The predicted octanol–water partition coefficient (Wildman–Crippen LogP) is 2.78. The first kappa shape index (κ1) is 14.8. The van der Waals surface area contributed by atoms with Gasteiger partial charge in [-0.15, -0.1) is 0 Å². The SMILES string of the molecule is CN(C)CCCc1cc(Br)ccc1N1CCOCC1. The lowest BCUT2D eigenvalue weighted by molar-refractivity contribution is 0.122. The highest BCUT2D eigenvalue weighted by Gasteiger charge is 2.14. The molecule has 0 bridgehead atoms. The molecule has 1 fully saturated rings. The molecule has 0 radical (unpaired) electrons. The summed E-state index contributed by atoms with van der Waals surface area (Å²) in [5, 5.41) is 0. The van der Waals surface area contributed by atoms with Crippen LogP contribution in [0, 0.1) is 0 Å². The highest BCUT2D eigenvalue weighted by Crippen LogP contribution is 2.26. The predicted molar refractivity (Wildman–Crippen MR) is 84.0 cm³/mol. The molecule has 0 N–H and O–H groups in total. The number of rotatable bonds is 5. The van der Waals surface area contributed by atoms with E-state index in [2.05, 4.69) is 58.0 Å². The first-order valence-electron chi connectivity index (χ1n) is 6.92. The van der Waals surface area contributed by atoms with Gasteiger partial charge in [-0.2, -0.15) is 0 Å². The van der Waals surface area contributed by atoms with Gasteiger partial charge >= 0.3 is 0 Å². The van der Waals surface area contributed by atoms with Gasteiger partial charge in [0, 0.05) is 23.2 Å². The Hall–Kier alpha value is -0.580. The molecule has 0 spiro atoms. The highest BCUT2D eigenvalue weighted by atomic mass is 79.9. The number of aryl methyl sites for hydroxylation is 1. The Kier molecular flexibility index (Phi) is 5.67. The van der Waals surface area contributed by atoms with Gasteiger partial charge in [-0.05, 0) is 57.2 Å². The quantitative estimate of drug-likeness (QED) is 0.827. The van der Waals surface area contributed by atoms with Gasteiger partial charge in [-0.25, -0.2) is 0 Å². The average Bonchev–Trinajstić information content (AvgIpc) is 2.39. The van der Waals surface area contributed by atoms with E-state index >= 15 is 0 Å². The molecule has 0 amide bonds. The van der Waals surface area contributed by atoms with Gasteiger partial charge in [0.25, 0.3) is 0 Å². The Labute approximate surface area is 124 Å². The van der Waals surface area contributed by atoms with Crippen LogP contribution < -0.4 is 4.90 Å². The van der Waals surface area contributed by atoms with E-state index in [1.54, 1.807) is 0 Å². The zero-order chi connectivity index (χ0) is 13.7. The van der Waals surface area contributed by atoms with Crippen molar-refractivity contribution in [2.45, 2.75) is 12.8 Å². The van der Waals surface area contributed by atoms with Crippen molar-refractivity contribution >= 4 is 21.6 Å². The molecule has 3 nitrogen and oxygen atoms in total. The summed E-state index contributed by atoms with van der Waals surface area (Å²) in [4.78, 5) is 4.69. The van der Waals surface area contributed by atoms with Crippen molar-refractivity contribution in [3.8, 4) is 0 Å². The summed E-state index contributed by atoms with van der Waals surface area (Å²) in [6.45, 7) is 4.82. The van der Waals surface area contributed by atoms with Gasteiger partial charge in [-0.3, -0.25) is 0 Å². The number of morpholine rings is 1. The summed E-state index contributed by atoms with van der Waals surface area (Å²) in [5.74, 6) is 0. The third-order valence-corrected chi connectivity index (χ3v) is 3.94. The normalized spacial score (nSPS) is 16.1. The fourth-order valence-corrected chi connectivity index (χ4v) is 2.86. The first-order valence-corrected chi connectivity index (χ1v) is 7.72. The molecule has 0 aromatic heterocycles. The number of halogens is 1. The minimum Gasteiger partial charge on any atom is -0.378 e. The summed E-state index contributed by atoms with van der Waals surface area (Å²) in [5.41, 5.74) is 2.82. The van der Waals surface area contributed by atoms with Crippen LogP contribution in [0.5, 0.6) is 0 Å². The summed E-state index contributed by atoms with van der Waals surface area (Å²) in [6.07, 6.45) is 2.32. The van der Waals surface area contributed by atoms with Crippen LogP contribution in [0.15, 0.2) is 22.7 Å². The summed E-state index contributed by atoms with van der Waals surface area (Å²) < 4.78 is 6.61. The van der Waals surface area contributed by atoms with Crippen molar-refractivity contribution in [3.63, 3.8) is 0 Å². The zero-order valence-electron chi connectivity index (χ0n) is 11.9. The second kappa shape index (κ2) is 7.27. The van der Waals surface area contributed by atoms with Gasteiger partial charge < -0.3 is 14.5 Å². The van der Waals surface area contributed by atoms with E-state index < -0.39 is 0 Å². The smallest absolute Gasteiger partial charge is 0.0642 e. The van der Waals surface area contributed by atoms with Crippen LogP contribution in [0.25, 0.3) is 0 Å². The third-order valence-electron chi connectivity index (χ3n) is 3.44. The van der Waals surface area contributed by atoms with E-state index in [1.807, 2.05) is 0 Å². The van der Waals surface area contributed by atoms with Crippen LogP contribution in [0.4, 0.5) is 5.69 Å². The lowest BCUT2D eigenvalue weighted by Crippen LogP contribution is -2.36. The number of benzene rings is 1. The second-order valence-corrected chi connectivity index (χ2v) is 6.19. The molecule has 0 unspecified atom stereocenters. The topological polar surface area (TPSA) is 15.7 Å². The molecule has 1 aromatic carbocycles. The monoisotopic (exact) mass is 326 g/mol. The first-order chi connectivity index (χ1) is 9.16. The Morgan fingerprint density at radius 1 is 1.26 bits per heavy atom. The summed E-state index contributed by atoms with van der Waals surface area (Å²) in [7, 11) is 4.26. The maximum absolute atomic E-state index is 5.44. The van der Waals surface area contributed by atoms with Crippen LogP contribution in [-0.2, 0) is 11.2 Å². The molecule has 1 aliphatic heterocycles. The van der Waals surface area contributed by atoms with E-state index in [9.17, 15) is 0 Å². The third kappa shape index (κ3) is 4.48. The number of hydrogen-bond donors (Lipinski definition) is 0. The molecule has 0 atom stereocenters. The van der Waals surface area contributed by atoms with Crippen LogP contribution in [0.3, 0.4) is 0 Å². The van der Waals surface area contributed by atoms with E-state index in [0.29, 0.717) is 0 Å². The van der Waals surface area contributed by atoms with Crippen LogP contribution in [-0.4, -0.2) is 51.8 Å². The molecule has 2 rings (SSSR count). The van der Waals surface area contributed by atoms with Crippen molar-refractivity contribution in [2.75, 3.05) is 51.8 Å². The van der Waals surface area contributed by atoms with Gasteiger partial charge in [0.2, 0.25) is 0 Å². The van der Waals surface area contributed by atoms with E-state index in [-0.39, 0.29) is 0 Å². The number of ether oxygens (including phenoxy) is 1. The molecule has 1 aliphatic rings. The fourth-order valence-electron chi connectivity index (χ4n) is 2.45. The van der Waals surface area contributed by atoms with E-state index in [0.717, 1.165) is 39.3 Å². The maximum atomic E-state index is 5.44. The van der Waals surface area contributed by atoms with Crippen LogP contribution >= 0.6 is 15.9 Å². The molecule has 1 heterocycles. The molecular weight excluding hydrogens is 304 g/mol. The van der Waals surface area contributed by atoms with E-state index in [1.165, 1.54) is 22.1 Å². The summed E-state index contributed by atoms with van der Waals surface area (Å²) >= 11 is 3.59. The minimum atomic E-state index is 0.840. The second-order valence-electron chi connectivity index (χ2n) is 5.28. The van der Waals surface area contributed by atoms with Gasteiger partial charge in [0.05, 0.1) is 13.2 Å². The van der Waals surface area contributed by atoms with Crippen molar-refractivity contribution in [1.82, 2.24) is 4.90 Å². The lowest BCUT2D eigenvalue weighted by Gasteiger charge is -2.31. The number of anilines is 1. The van der Waals surface area contributed by atoms with Gasteiger partial charge in [-0.1, -0.05) is 15.9 Å². The van der Waals surface area contributed by atoms with Crippen LogP contribution in [0.2, 0.25) is 0 Å². The molecular formula is C15H23BrN2O. The molecule has 106 valence electrons. The Balaban J connectivity index is 2.08. The van der Waals surface area contributed by atoms with E-state index in [4.69, 9.17) is 4.74 Å². The molecule has 0 saturated carbocycles. The van der Waals surface area contributed by atoms with Crippen molar-refractivity contribution < 1.29 is 4.74 Å². The molecule has 19 heavy (non-hydrogen) atoms. The Morgan fingerprint density at radius 2 is 2.00 bits per heavy atom. The zero-order valence-corrected chi connectivity index (χ0v) is 13.4. The standard InChI is InChI=1S/C15H23BrN2O/c1-17(2)7-3-4-13-12-14(16)5-6-15(13)18-8-10-19-11-9-18/h5-6,12H,3-4,7-11H2,1-2H3.